The molecule has 1 fully saturated rings. The molecule has 27 heavy (non-hydrogen) atoms. The second-order valence-electron chi connectivity index (χ2n) is 6.82. The topological polar surface area (TPSA) is 76.4 Å². The van der Waals surface area contributed by atoms with Crippen LogP contribution in [0.3, 0.4) is 0 Å². The third-order valence-corrected chi connectivity index (χ3v) is 7.46. The Balaban J connectivity index is 2.04. The van der Waals surface area contributed by atoms with Crippen molar-refractivity contribution in [1.82, 2.24) is 0 Å². The van der Waals surface area contributed by atoms with Gasteiger partial charge in [-0.05, 0) is 43.7 Å². The van der Waals surface area contributed by atoms with E-state index in [2.05, 4.69) is 6.07 Å². The van der Waals surface area contributed by atoms with Crippen LogP contribution in [0.5, 0.6) is 5.75 Å². The van der Waals surface area contributed by atoms with Gasteiger partial charge in [-0.1, -0.05) is 29.8 Å². The van der Waals surface area contributed by atoms with Crippen LogP contribution in [0.25, 0.3) is 0 Å². The van der Waals surface area contributed by atoms with Crippen LogP contribution in [-0.4, -0.2) is 34.0 Å². The van der Waals surface area contributed by atoms with Gasteiger partial charge in [0.05, 0.1) is 29.9 Å². The summed E-state index contributed by atoms with van der Waals surface area (Å²) in [5.74, 6) is 0.246. The Bertz CT molecular complexity index is 945. The van der Waals surface area contributed by atoms with E-state index in [1.807, 2.05) is 26.0 Å². The summed E-state index contributed by atoms with van der Waals surface area (Å²) in [6.45, 7) is 4.25. The molecule has 2 aromatic carbocycles. The summed E-state index contributed by atoms with van der Waals surface area (Å²) in [6, 6.07) is 16.2. The average molecular weight is 385 g/mol. The Kier molecular flexibility index (Phi) is 5.27. The van der Waals surface area contributed by atoms with Crippen LogP contribution in [0.4, 0.5) is 0 Å². The minimum Gasteiger partial charge on any atom is -0.497 e. The summed E-state index contributed by atoms with van der Waals surface area (Å²) in [5, 5.41) is 9.09. The summed E-state index contributed by atoms with van der Waals surface area (Å²) >= 11 is 0. The van der Waals surface area contributed by atoms with Crippen LogP contribution in [0.1, 0.15) is 24.0 Å². The Labute approximate surface area is 160 Å². The van der Waals surface area contributed by atoms with Gasteiger partial charge in [0, 0.05) is 12.5 Å². The fraction of sp³-hybridized carbons (Fsp3) is 0.381. The lowest BCUT2D eigenvalue weighted by molar-refractivity contribution is 0.117. The maximum Gasteiger partial charge on any atom is 0.183 e. The van der Waals surface area contributed by atoms with Gasteiger partial charge in [-0.15, -0.1) is 0 Å². The van der Waals surface area contributed by atoms with E-state index < -0.39 is 26.4 Å². The van der Waals surface area contributed by atoms with Gasteiger partial charge >= 0.3 is 0 Å². The largest absolute Gasteiger partial charge is 0.497 e. The van der Waals surface area contributed by atoms with Crippen molar-refractivity contribution in [2.24, 2.45) is 5.41 Å². The smallest absolute Gasteiger partial charge is 0.183 e. The van der Waals surface area contributed by atoms with Gasteiger partial charge in [-0.3, -0.25) is 0 Å². The van der Waals surface area contributed by atoms with E-state index in [-0.39, 0.29) is 11.5 Å². The van der Waals surface area contributed by atoms with Crippen LogP contribution in [0.15, 0.2) is 53.4 Å². The molecule has 0 bridgehead atoms. The van der Waals surface area contributed by atoms with Crippen molar-refractivity contribution in [3.05, 3.63) is 59.7 Å². The lowest BCUT2D eigenvalue weighted by Gasteiger charge is -2.10. The number of hydrogen-bond donors (Lipinski definition) is 0. The van der Waals surface area contributed by atoms with E-state index in [4.69, 9.17) is 9.47 Å². The second kappa shape index (κ2) is 7.34. The lowest BCUT2D eigenvalue weighted by atomic mass is 10.0. The molecule has 2 aromatic rings. The highest BCUT2D eigenvalue weighted by molar-refractivity contribution is 7.92. The average Bonchev–Trinajstić information content (AvgIpc) is 3.37. The fourth-order valence-electron chi connectivity index (χ4n) is 3.63. The Morgan fingerprint density at radius 3 is 2.26 bits per heavy atom. The highest BCUT2D eigenvalue weighted by Gasteiger charge is 2.72. The first-order valence-corrected chi connectivity index (χ1v) is 10.4. The van der Waals surface area contributed by atoms with Crippen molar-refractivity contribution >= 4 is 9.84 Å². The molecular formula is C21H23NO4S. The summed E-state index contributed by atoms with van der Waals surface area (Å²) in [6.07, 6.45) is 0. The monoisotopic (exact) mass is 385 g/mol. The predicted octanol–water partition coefficient (Wildman–Crippen LogP) is 3.49. The van der Waals surface area contributed by atoms with Crippen molar-refractivity contribution in [1.29, 1.82) is 5.26 Å². The number of rotatable bonds is 7. The first-order valence-electron chi connectivity index (χ1n) is 8.84. The summed E-state index contributed by atoms with van der Waals surface area (Å²) in [5.41, 5.74) is 0.698. The van der Waals surface area contributed by atoms with Gasteiger partial charge in [-0.25, -0.2) is 8.42 Å². The normalized spacial score (nSPS) is 24.2. The number of nitrogens with zero attached hydrogens (tertiary/aromatic N) is 1. The zero-order valence-electron chi connectivity index (χ0n) is 15.7. The van der Waals surface area contributed by atoms with Crippen LogP contribution in [0.2, 0.25) is 0 Å². The van der Waals surface area contributed by atoms with Crippen molar-refractivity contribution in [2.45, 2.75) is 29.9 Å². The van der Waals surface area contributed by atoms with Crippen LogP contribution in [0, 0.1) is 23.7 Å². The van der Waals surface area contributed by atoms with Gasteiger partial charge in [0.1, 0.15) is 11.2 Å². The molecule has 1 aliphatic rings. The minimum absolute atomic E-state index is 0.0897. The van der Waals surface area contributed by atoms with E-state index in [1.165, 1.54) is 0 Å². The fourth-order valence-corrected chi connectivity index (χ4v) is 5.94. The van der Waals surface area contributed by atoms with Gasteiger partial charge < -0.3 is 9.47 Å². The molecule has 0 amide bonds. The Morgan fingerprint density at radius 2 is 1.74 bits per heavy atom. The molecule has 6 heteroatoms. The van der Waals surface area contributed by atoms with E-state index in [9.17, 15) is 13.7 Å². The summed E-state index contributed by atoms with van der Waals surface area (Å²) < 4.78 is 37.3. The maximum atomic E-state index is 13.3. The van der Waals surface area contributed by atoms with Gasteiger partial charge in [0.15, 0.2) is 9.84 Å². The quantitative estimate of drug-likeness (QED) is 0.729. The highest BCUT2D eigenvalue weighted by atomic mass is 32.2. The third-order valence-electron chi connectivity index (χ3n) is 5.17. The third kappa shape index (κ3) is 3.33. The number of nitriles is 1. The van der Waals surface area contributed by atoms with Gasteiger partial charge in [-0.2, -0.15) is 5.26 Å². The predicted molar refractivity (Wildman–Crippen MR) is 102 cm³/mol. The number of ether oxygens (including phenoxy) is 2. The molecule has 0 N–H and O–H groups in total. The highest BCUT2D eigenvalue weighted by Crippen LogP contribution is 2.64. The molecule has 0 radical (unpaired) electrons. The van der Waals surface area contributed by atoms with Crippen molar-refractivity contribution in [2.75, 3.05) is 20.3 Å². The summed E-state index contributed by atoms with van der Waals surface area (Å²) in [4.78, 5) is 0.241. The van der Waals surface area contributed by atoms with Gasteiger partial charge in [0.2, 0.25) is 0 Å². The SMILES string of the molecule is CCOC[C@@]1(C#N)[C@H](c2ccc(OC)cc2)[C@@H]1S(=O)(=O)c1ccc(C)cc1. The van der Waals surface area contributed by atoms with Crippen LogP contribution in [-0.2, 0) is 14.6 Å². The lowest BCUT2D eigenvalue weighted by Crippen LogP contribution is -2.19. The molecule has 3 rings (SSSR count). The Hall–Kier alpha value is -2.36. The zero-order chi connectivity index (χ0) is 19.7. The number of sulfone groups is 1. The number of methoxy groups -OCH3 is 1. The van der Waals surface area contributed by atoms with Crippen LogP contribution >= 0.6 is 0 Å². The number of benzene rings is 2. The molecule has 0 unspecified atom stereocenters. The number of aryl methyl sites for hydroxylation is 1. The van der Waals surface area contributed by atoms with Crippen molar-refractivity contribution in [3.8, 4) is 11.8 Å². The van der Waals surface area contributed by atoms with E-state index in [0.29, 0.717) is 12.4 Å². The molecule has 1 aliphatic carbocycles. The molecule has 0 saturated heterocycles. The second-order valence-corrected chi connectivity index (χ2v) is 8.89. The Morgan fingerprint density at radius 1 is 1.11 bits per heavy atom. The van der Waals surface area contributed by atoms with E-state index in [1.54, 1.807) is 43.5 Å². The molecule has 0 heterocycles. The van der Waals surface area contributed by atoms with Crippen molar-refractivity contribution < 1.29 is 17.9 Å². The molecule has 0 aromatic heterocycles. The first-order chi connectivity index (χ1) is 12.9. The molecule has 1 saturated carbocycles. The molecule has 142 valence electrons. The number of hydrogen-bond acceptors (Lipinski definition) is 5. The van der Waals surface area contributed by atoms with E-state index >= 15 is 0 Å². The molecule has 3 atom stereocenters. The first kappa shape index (κ1) is 19.4. The molecule has 0 aliphatic heterocycles. The van der Waals surface area contributed by atoms with E-state index in [0.717, 1.165) is 11.1 Å². The van der Waals surface area contributed by atoms with Crippen LogP contribution < -0.4 is 4.74 Å². The van der Waals surface area contributed by atoms with Crippen molar-refractivity contribution in [3.63, 3.8) is 0 Å². The standard InChI is InChI=1S/C21H23NO4S/c1-4-26-14-21(13-22)19(16-7-9-17(25-3)10-8-16)20(21)27(23,24)18-11-5-15(2)6-12-18/h5-12,19-20H,4,14H2,1-3H3/t19-,20+,21+/m1/s1. The maximum absolute atomic E-state index is 13.3. The molecular weight excluding hydrogens is 362 g/mol. The van der Waals surface area contributed by atoms with Gasteiger partial charge in [0.25, 0.3) is 0 Å². The minimum atomic E-state index is -3.68. The molecule has 5 nitrogen and oxygen atoms in total. The zero-order valence-corrected chi connectivity index (χ0v) is 16.5. The molecule has 0 spiro atoms. The summed E-state index contributed by atoms with van der Waals surface area (Å²) in [7, 11) is -2.10.